The lowest BCUT2D eigenvalue weighted by Crippen LogP contribution is -2.41. The summed E-state index contributed by atoms with van der Waals surface area (Å²) < 4.78 is 33.3. The molecule has 346 valence electrons. The first kappa shape index (κ1) is 64.3. The quantitative estimate of drug-likeness (QED) is 0.0658. The number of terminal acetylenes is 1. The molecule has 1 heterocycles. The van der Waals surface area contributed by atoms with E-state index in [1.807, 2.05) is 32.9 Å². The maximum absolute atomic E-state index is 11.8. The highest BCUT2D eigenvalue weighted by Gasteiger charge is 2.35. The largest absolute Gasteiger partial charge is 0.497 e. The fourth-order valence-corrected chi connectivity index (χ4v) is 4.95. The lowest BCUT2D eigenvalue weighted by atomic mass is 9.97. The van der Waals surface area contributed by atoms with Crippen LogP contribution in [0.5, 0.6) is 5.75 Å². The second-order valence-electron chi connectivity index (χ2n) is 13.9. The Morgan fingerprint density at radius 3 is 1.92 bits per heavy atom. The number of sulfonamides is 1. The predicted octanol–water partition coefficient (Wildman–Crippen LogP) is 8.49. The zero-order chi connectivity index (χ0) is 47.7. The average Bonchev–Trinajstić information content (AvgIpc) is 4.12. The van der Waals surface area contributed by atoms with Crippen LogP contribution in [0.25, 0.3) is 10.8 Å². The topological polar surface area (TPSA) is 207 Å². The van der Waals surface area contributed by atoms with E-state index in [9.17, 15) is 32.4 Å². The van der Waals surface area contributed by atoms with E-state index in [4.69, 9.17) is 15.2 Å². The number of H-pyrrole nitrogens is 1. The Bertz CT molecular complexity index is 1580. The molecule has 2 aliphatic rings. The van der Waals surface area contributed by atoms with E-state index in [0.29, 0.717) is 37.6 Å². The number of pyridine rings is 1. The number of likely N-dealkylation sites (N-methyl/N-ethyl adjacent to an activating group) is 1. The summed E-state index contributed by atoms with van der Waals surface area (Å²) in [5, 5.41) is 4.00. The Balaban J connectivity index is -0.000000228. The lowest BCUT2D eigenvalue weighted by Gasteiger charge is -2.24. The van der Waals surface area contributed by atoms with Crippen molar-refractivity contribution in [1.29, 1.82) is 0 Å². The van der Waals surface area contributed by atoms with E-state index in [-0.39, 0.29) is 41.5 Å². The minimum absolute atomic E-state index is 0.0663. The smallest absolute Gasteiger partial charge is 0.410 e. The Morgan fingerprint density at radius 1 is 1.00 bits per heavy atom. The maximum Gasteiger partial charge on any atom is 0.410 e. The van der Waals surface area contributed by atoms with Gasteiger partial charge in [-0.05, 0) is 82.5 Å². The van der Waals surface area contributed by atoms with Crippen molar-refractivity contribution in [3.8, 4) is 18.6 Å². The Hall–Kier alpha value is -4.84. The van der Waals surface area contributed by atoms with Gasteiger partial charge in [0.25, 0.3) is 5.56 Å². The van der Waals surface area contributed by atoms with Crippen LogP contribution in [0.1, 0.15) is 140 Å². The molecule has 2 aliphatic carbocycles. The molecular weight excluding hydrogens is 787 g/mol. The number of hydrogen-bond acceptors (Lipinski definition) is 9. The summed E-state index contributed by atoms with van der Waals surface area (Å²) in [5.41, 5.74) is 4.67. The Morgan fingerprint density at radius 2 is 1.52 bits per heavy atom. The molecule has 0 saturated heterocycles. The number of ether oxygens (including phenoxy) is 2. The van der Waals surface area contributed by atoms with E-state index in [1.54, 1.807) is 50.9 Å². The molecule has 1 atom stereocenters. The van der Waals surface area contributed by atoms with Gasteiger partial charge >= 0.3 is 6.09 Å². The van der Waals surface area contributed by atoms with Crippen molar-refractivity contribution in [2.75, 3.05) is 27.2 Å². The molecular formula is C45H81N5O9S. The fraction of sp³-hybridized carbons (Fsp3) is 0.622. The van der Waals surface area contributed by atoms with Gasteiger partial charge in [0.05, 0.1) is 12.4 Å². The van der Waals surface area contributed by atoms with Gasteiger partial charge in [-0.25, -0.2) is 13.2 Å². The highest BCUT2D eigenvalue weighted by molar-refractivity contribution is 7.90. The van der Waals surface area contributed by atoms with Crippen molar-refractivity contribution in [3.05, 3.63) is 54.0 Å². The molecule has 0 aliphatic heterocycles. The molecule has 2 saturated carbocycles. The molecule has 14 nitrogen and oxygen atoms in total. The van der Waals surface area contributed by atoms with E-state index in [1.165, 1.54) is 44.1 Å². The van der Waals surface area contributed by atoms with Gasteiger partial charge < -0.3 is 30.4 Å². The summed E-state index contributed by atoms with van der Waals surface area (Å²) in [6.45, 7) is 26.2. The number of nitrogens with zero attached hydrogens (tertiary/aromatic N) is 1. The SMILES string of the molecule is C#C.C1CC1.C=C.CC.CCC.CCC.CCC[C@@H](CCCNC(=O)CN(C)C(=O)OC(C)(C)C)C(N)=O.COc1ccc2c(=O)[nH]ccc2c1.O=CNS(=O)(=O)C1CC1. The molecule has 0 bridgehead atoms. The number of benzene rings is 1. The number of aromatic nitrogens is 1. The van der Waals surface area contributed by atoms with Crippen LogP contribution in [-0.2, 0) is 29.1 Å². The maximum atomic E-state index is 11.8. The first-order valence-electron chi connectivity index (χ1n) is 20.8. The third kappa shape index (κ3) is 38.7. The van der Waals surface area contributed by atoms with E-state index < -0.39 is 21.7 Å². The van der Waals surface area contributed by atoms with Crippen molar-refractivity contribution in [3.63, 3.8) is 0 Å². The second-order valence-corrected chi connectivity index (χ2v) is 15.9. The number of nitrogens with two attached hydrogens (primary N) is 1. The number of nitrogens with one attached hydrogen (secondary N) is 3. The number of aromatic amines is 1. The molecule has 1 aromatic heterocycles. The van der Waals surface area contributed by atoms with Crippen LogP contribution in [0.2, 0.25) is 0 Å². The molecule has 4 rings (SSSR count). The molecule has 4 amide bonds. The summed E-state index contributed by atoms with van der Waals surface area (Å²) in [5.74, 6) is 0.0757. The molecule has 0 radical (unpaired) electrons. The van der Waals surface area contributed by atoms with Gasteiger partial charge in [0.15, 0.2) is 0 Å². The predicted molar refractivity (Wildman–Crippen MR) is 249 cm³/mol. The zero-order valence-corrected chi connectivity index (χ0v) is 39.8. The minimum Gasteiger partial charge on any atom is -0.497 e. The van der Waals surface area contributed by atoms with Crippen molar-refractivity contribution < 1.29 is 37.1 Å². The van der Waals surface area contributed by atoms with Gasteiger partial charge in [-0.1, -0.05) is 87.0 Å². The number of methoxy groups -OCH3 is 1. The van der Waals surface area contributed by atoms with E-state index in [2.05, 4.69) is 64.0 Å². The van der Waals surface area contributed by atoms with Gasteiger partial charge in [-0.3, -0.25) is 23.9 Å². The summed E-state index contributed by atoms with van der Waals surface area (Å²) in [7, 11) is -0.138. The van der Waals surface area contributed by atoms with Gasteiger partial charge in [0.1, 0.15) is 17.9 Å². The molecule has 2 aromatic rings. The van der Waals surface area contributed by atoms with Crippen LogP contribution < -0.4 is 26.1 Å². The zero-order valence-electron chi connectivity index (χ0n) is 39.0. The average molecular weight is 868 g/mol. The monoisotopic (exact) mass is 868 g/mol. The number of carbonyl (C=O) groups excluding carboxylic acids is 4. The van der Waals surface area contributed by atoms with Gasteiger partial charge in [-0.15, -0.1) is 26.0 Å². The van der Waals surface area contributed by atoms with E-state index in [0.717, 1.165) is 24.0 Å². The van der Waals surface area contributed by atoms with Crippen molar-refractivity contribution in [1.82, 2.24) is 19.9 Å². The molecule has 1 aromatic carbocycles. The molecule has 0 spiro atoms. The number of carbonyl (C=O) groups is 4. The number of primary amides is 1. The lowest BCUT2D eigenvalue weighted by molar-refractivity contribution is -0.122. The number of rotatable bonds is 13. The number of fused-ring (bicyclic) bond motifs is 1. The van der Waals surface area contributed by atoms with Crippen LogP contribution in [-0.4, -0.2) is 80.7 Å². The molecule has 5 N–H and O–H groups in total. The summed E-state index contributed by atoms with van der Waals surface area (Å²) in [4.78, 5) is 59.5. The fourth-order valence-electron chi connectivity index (χ4n) is 3.87. The third-order valence-corrected chi connectivity index (χ3v) is 8.46. The number of hydrogen-bond donors (Lipinski definition) is 4. The third-order valence-electron chi connectivity index (χ3n) is 6.69. The highest BCUT2D eigenvalue weighted by atomic mass is 32.2. The number of amides is 4. The second kappa shape index (κ2) is 40.9. The van der Waals surface area contributed by atoms with Crippen LogP contribution in [0.15, 0.2) is 48.4 Å². The summed E-state index contributed by atoms with van der Waals surface area (Å²) >= 11 is 0. The summed E-state index contributed by atoms with van der Waals surface area (Å²) in [6.07, 6.45) is 20.7. The Labute approximate surface area is 363 Å². The molecule has 60 heavy (non-hydrogen) atoms. The molecule has 15 heteroatoms. The van der Waals surface area contributed by atoms with Crippen LogP contribution in [0.3, 0.4) is 0 Å². The van der Waals surface area contributed by atoms with Crippen molar-refractivity contribution in [2.45, 2.75) is 151 Å². The molecule has 0 unspecified atom stereocenters. The van der Waals surface area contributed by atoms with Gasteiger partial charge in [-0.2, -0.15) is 0 Å². The first-order chi connectivity index (χ1) is 28.4. The minimum atomic E-state index is -3.26. The van der Waals surface area contributed by atoms with Crippen LogP contribution >= 0.6 is 0 Å². The van der Waals surface area contributed by atoms with Gasteiger partial charge in [0.2, 0.25) is 28.2 Å². The Kier molecular flexibility index (Phi) is 43.9. The standard InChI is InChI=1S/C16H31N3O4.C10H9NO2.C4H7NO3S.C3H6.2C3H8.C2H6.C2H4.C2H2/c1-6-8-12(14(17)21)9-7-10-18-13(20)11-19(5)15(22)23-16(2,3)4;1-13-8-2-3-9-7(6-8)4-5-11-10(9)12;6-3-5-9(7,8)4-1-2-4;1-2-3-1;2*1-3-2;3*1-2/h12H,6-11H2,1-5H3,(H2,17,21)(H,18,20);2-6H,1H3,(H,11,12);3-4H,1-2H2,(H,5,6);1-3H2;2*3H2,1-2H3;1-2H3;1-2H2;1-2H/t12-;;;;;;;;/m0......../s1. The van der Waals surface area contributed by atoms with Crippen molar-refractivity contribution >= 4 is 45.1 Å². The van der Waals surface area contributed by atoms with Crippen LogP contribution in [0, 0.1) is 18.8 Å². The van der Waals surface area contributed by atoms with E-state index >= 15 is 0 Å². The van der Waals surface area contributed by atoms with Crippen LogP contribution in [0.4, 0.5) is 4.79 Å². The normalized spacial score (nSPS) is 11.8. The first-order valence-corrected chi connectivity index (χ1v) is 22.4. The van der Waals surface area contributed by atoms with Crippen molar-refractivity contribution in [2.24, 2.45) is 11.7 Å². The highest BCUT2D eigenvalue weighted by Crippen LogP contribution is 2.26. The molecule has 2 fully saturated rings. The van der Waals surface area contributed by atoms with Gasteiger partial charge in [0, 0.05) is 31.1 Å². The summed E-state index contributed by atoms with van der Waals surface area (Å²) in [6, 6.07) is 7.22.